The van der Waals surface area contributed by atoms with Gasteiger partial charge in [-0.2, -0.15) is 9.36 Å². The van der Waals surface area contributed by atoms with Gasteiger partial charge in [-0.3, -0.25) is 14.5 Å². The van der Waals surface area contributed by atoms with Crippen LogP contribution in [0.1, 0.15) is 24.4 Å². The van der Waals surface area contributed by atoms with Crippen LogP contribution < -0.4 is 11.1 Å². The molecule has 5 rings (SSSR count). The third-order valence-electron chi connectivity index (χ3n) is 5.69. The fraction of sp³-hybridized carbons (Fsp3) is 0.273. The molecular formula is C22H20N8O5S4. The van der Waals surface area contributed by atoms with Crippen molar-refractivity contribution < 1.29 is 24.3 Å². The van der Waals surface area contributed by atoms with Crippen molar-refractivity contribution in [2.75, 3.05) is 17.2 Å². The first-order chi connectivity index (χ1) is 18.8. The number of hydrogen-bond acceptors (Lipinski definition) is 14. The summed E-state index contributed by atoms with van der Waals surface area (Å²) in [6.45, 7) is 1.77. The molecule has 0 radical (unpaired) electrons. The number of β-lactam (4-membered cyclic amide) rings is 1. The number of oxime groups is 1. The van der Waals surface area contributed by atoms with Crippen molar-refractivity contribution in [3.8, 4) is 0 Å². The molecular weight excluding hydrogens is 585 g/mol. The summed E-state index contributed by atoms with van der Waals surface area (Å²) in [5, 5.41) is 23.8. The van der Waals surface area contributed by atoms with Crippen LogP contribution in [0.15, 0.2) is 56.6 Å². The second-order valence-electron chi connectivity index (χ2n) is 8.17. The molecule has 0 saturated carbocycles. The number of aromatic nitrogens is 4. The number of nitrogens with zero attached hydrogens (tertiary/aromatic N) is 6. The Morgan fingerprint density at radius 1 is 1.36 bits per heavy atom. The average molecular weight is 605 g/mol. The molecule has 1 saturated heterocycles. The van der Waals surface area contributed by atoms with E-state index in [-0.39, 0.29) is 22.4 Å². The van der Waals surface area contributed by atoms with Gasteiger partial charge in [0.2, 0.25) is 11.5 Å². The van der Waals surface area contributed by atoms with E-state index in [1.165, 1.54) is 39.8 Å². The van der Waals surface area contributed by atoms with Crippen molar-refractivity contribution in [1.29, 1.82) is 0 Å². The molecule has 3 aromatic rings. The van der Waals surface area contributed by atoms with Crippen LogP contribution in [0.3, 0.4) is 0 Å². The number of carboxylic acids is 1. The highest BCUT2D eigenvalue weighted by atomic mass is 32.2. The summed E-state index contributed by atoms with van der Waals surface area (Å²) in [5.74, 6) is -1.82. The van der Waals surface area contributed by atoms with Crippen molar-refractivity contribution in [3.63, 3.8) is 0 Å². The number of rotatable bonds is 10. The Morgan fingerprint density at radius 3 is 2.82 bits per heavy atom. The first kappa shape index (κ1) is 27.0. The highest BCUT2D eigenvalue weighted by Crippen LogP contribution is 2.41. The van der Waals surface area contributed by atoms with E-state index in [2.05, 4.69) is 30.0 Å². The van der Waals surface area contributed by atoms with E-state index < -0.39 is 35.3 Å². The highest BCUT2D eigenvalue weighted by Gasteiger charge is 2.54. The van der Waals surface area contributed by atoms with Crippen molar-refractivity contribution in [1.82, 2.24) is 29.8 Å². The Hall–Kier alpha value is -3.54. The summed E-state index contributed by atoms with van der Waals surface area (Å²) < 4.78 is 4.76. The first-order valence-electron chi connectivity index (χ1n) is 11.3. The van der Waals surface area contributed by atoms with Crippen molar-refractivity contribution >= 4 is 75.0 Å². The minimum atomic E-state index is -1.21. The molecule has 202 valence electrons. The summed E-state index contributed by atoms with van der Waals surface area (Å²) in [5.41, 5.74) is 8.40. The molecule has 2 unspecified atom stereocenters. The number of carbonyl (C=O) groups is 3. The third kappa shape index (κ3) is 5.75. The summed E-state index contributed by atoms with van der Waals surface area (Å²) in [6.07, 6.45) is -0.487. The van der Waals surface area contributed by atoms with E-state index in [1.807, 2.05) is 30.3 Å². The monoisotopic (exact) mass is 604 g/mol. The number of benzene rings is 1. The minimum Gasteiger partial charge on any atom is -0.477 e. The van der Waals surface area contributed by atoms with Gasteiger partial charge in [0.1, 0.15) is 28.7 Å². The Morgan fingerprint density at radius 2 is 2.15 bits per heavy atom. The molecule has 4 heterocycles. The summed E-state index contributed by atoms with van der Waals surface area (Å²) >= 11 is 4.95. The molecule has 2 aliphatic rings. The number of hydrogen-bond donors (Lipinski definition) is 3. The molecule has 0 spiro atoms. The van der Waals surface area contributed by atoms with Gasteiger partial charge in [0.05, 0.1) is 0 Å². The third-order valence-corrected chi connectivity index (χ3v) is 9.51. The smallest absolute Gasteiger partial charge is 0.352 e. The van der Waals surface area contributed by atoms with Crippen molar-refractivity contribution in [3.05, 3.63) is 58.5 Å². The Balaban J connectivity index is 1.32. The normalized spacial score (nSPS) is 19.8. The fourth-order valence-electron chi connectivity index (χ4n) is 3.81. The molecule has 1 aromatic carbocycles. The van der Waals surface area contributed by atoms with Crippen LogP contribution in [0, 0.1) is 0 Å². The zero-order valence-corrected chi connectivity index (χ0v) is 23.4. The standard InChI is InChI=1S/C22H20N8O5S4/c1-10(11-5-3-2-4-6-11)35-28-13(16-26-21(23)39-29-16)17(31)25-14-18(32)30-15(20(33)34)12(7-36-19(14)30)8-37-22-27-24-9-38-22/h2-6,9-10,14,19H,7-8H2,1H3,(H,25,31)(H,33,34)(H2,23,26,29)/t10?,14?,19-/m1/s1. The molecule has 17 heteroatoms. The number of nitrogen functional groups attached to an aromatic ring is 1. The number of nitrogens with one attached hydrogen (secondary N) is 1. The van der Waals surface area contributed by atoms with Crippen LogP contribution in [0.25, 0.3) is 0 Å². The van der Waals surface area contributed by atoms with Gasteiger partial charge in [0.15, 0.2) is 9.47 Å². The minimum absolute atomic E-state index is 0.0442. The van der Waals surface area contributed by atoms with Crippen LogP contribution in [-0.2, 0) is 19.2 Å². The lowest BCUT2D eigenvalue weighted by molar-refractivity contribution is -0.150. The molecule has 3 atom stereocenters. The molecule has 2 aromatic heterocycles. The van der Waals surface area contributed by atoms with E-state index in [0.717, 1.165) is 17.1 Å². The topological polar surface area (TPSA) is 186 Å². The second-order valence-corrected chi connectivity index (χ2v) is 12.1. The number of fused-ring (bicyclic) bond motifs is 1. The van der Waals surface area contributed by atoms with Gasteiger partial charge in [-0.25, -0.2) is 4.79 Å². The van der Waals surface area contributed by atoms with Gasteiger partial charge >= 0.3 is 5.97 Å². The maximum absolute atomic E-state index is 13.3. The number of nitrogens with two attached hydrogens (primary N) is 1. The van der Waals surface area contributed by atoms with Gasteiger partial charge in [0, 0.05) is 23.0 Å². The van der Waals surface area contributed by atoms with E-state index in [1.54, 1.807) is 12.4 Å². The zero-order chi connectivity index (χ0) is 27.5. The highest BCUT2D eigenvalue weighted by molar-refractivity contribution is 8.01. The molecule has 2 amide bonds. The van der Waals surface area contributed by atoms with Gasteiger partial charge in [0.25, 0.3) is 11.8 Å². The zero-order valence-electron chi connectivity index (χ0n) is 20.1. The molecule has 39 heavy (non-hydrogen) atoms. The number of amides is 2. The van der Waals surface area contributed by atoms with Crippen LogP contribution in [0.5, 0.6) is 0 Å². The number of carboxylic acid groups (broad SMARTS) is 1. The quantitative estimate of drug-likeness (QED) is 0.132. The number of carbonyl (C=O) groups excluding carboxylic acids is 2. The number of anilines is 1. The Bertz CT molecular complexity index is 1450. The summed E-state index contributed by atoms with van der Waals surface area (Å²) in [4.78, 5) is 49.3. The molecule has 1 fully saturated rings. The summed E-state index contributed by atoms with van der Waals surface area (Å²) in [7, 11) is 0. The van der Waals surface area contributed by atoms with E-state index in [0.29, 0.717) is 21.4 Å². The van der Waals surface area contributed by atoms with Gasteiger partial charge < -0.3 is 21.0 Å². The van der Waals surface area contributed by atoms with Gasteiger partial charge in [-0.05, 0) is 18.1 Å². The predicted octanol–water partition coefficient (Wildman–Crippen LogP) is 1.98. The van der Waals surface area contributed by atoms with Gasteiger partial charge in [-0.15, -0.1) is 22.0 Å². The SMILES string of the molecule is CC(ON=C(C(=O)NC1C(=O)N2C(C(=O)O)=C(CSc3nncs3)CS[C@H]12)c1nsc(N)n1)c1ccccc1. The summed E-state index contributed by atoms with van der Waals surface area (Å²) in [6, 6.07) is 8.32. The lowest BCUT2D eigenvalue weighted by Gasteiger charge is -2.49. The van der Waals surface area contributed by atoms with Crippen LogP contribution in [0.2, 0.25) is 0 Å². The van der Waals surface area contributed by atoms with E-state index >= 15 is 0 Å². The van der Waals surface area contributed by atoms with Crippen LogP contribution in [0.4, 0.5) is 5.13 Å². The van der Waals surface area contributed by atoms with E-state index in [9.17, 15) is 19.5 Å². The molecule has 4 N–H and O–H groups in total. The predicted molar refractivity (Wildman–Crippen MR) is 147 cm³/mol. The maximum Gasteiger partial charge on any atom is 0.352 e. The second kappa shape index (κ2) is 11.7. The number of thioether (sulfide) groups is 2. The Labute approximate surface area is 238 Å². The van der Waals surface area contributed by atoms with E-state index in [4.69, 9.17) is 10.6 Å². The van der Waals surface area contributed by atoms with Crippen LogP contribution >= 0.6 is 46.4 Å². The molecule has 2 aliphatic heterocycles. The maximum atomic E-state index is 13.3. The molecule has 0 aliphatic carbocycles. The van der Waals surface area contributed by atoms with Gasteiger partial charge in [-0.1, -0.05) is 58.6 Å². The lowest BCUT2D eigenvalue weighted by atomic mass is 10.0. The first-order valence-corrected chi connectivity index (χ1v) is 15.0. The lowest BCUT2D eigenvalue weighted by Crippen LogP contribution is -2.71. The fourth-order valence-corrected chi connectivity index (χ4v) is 7.22. The Kier molecular flexibility index (Phi) is 8.10. The van der Waals surface area contributed by atoms with Crippen molar-refractivity contribution in [2.24, 2.45) is 5.16 Å². The van der Waals surface area contributed by atoms with Crippen LogP contribution in [-0.4, -0.2) is 76.0 Å². The molecule has 13 nitrogen and oxygen atoms in total. The van der Waals surface area contributed by atoms with Crippen molar-refractivity contribution in [2.45, 2.75) is 28.8 Å². The average Bonchev–Trinajstić information content (AvgIpc) is 3.62. The number of aliphatic carboxylic acids is 1. The largest absolute Gasteiger partial charge is 0.477 e. The molecule has 0 bridgehead atoms.